The molecule has 0 heterocycles. The predicted octanol–water partition coefficient (Wildman–Crippen LogP) is 0.0814. The lowest BCUT2D eigenvalue weighted by Gasteiger charge is -2.12. The Morgan fingerprint density at radius 3 is 2.60 bits per heavy atom. The Kier molecular flexibility index (Phi) is 8.12. The van der Waals surface area contributed by atoms with E-state index in [-0.39, 0.29) is 24.7 Å². The molecule has 0 aliphatic carbocycles. The second-order valence-electron chi connectivity index (χ2n) is 3.02. The Morgan fingerprint density at radius 2 is 2.13 bits per heavy atom. The number of rotatable bonds is 8. The maximum Gasteiger partial charge on any atom is 0.326 e. The lowest BCUT2D eigenvalue weighted by Crippen LogP contribution is -2.42. The highest BCUT2D eigenvalue weighted by Crippen LogP contribution is 2.01. The number of carboxylic acid groups (broad SMARTS) is 1. The van der Waals surface area contributed by atoms with Crippen molar-refractivity contribution in [3.05, 3.63) is 0 Å². The van der Waals surface area contributed by atoms with E-state index >= 15 is 0 Å². The predicted molar refractivity (Wildman–Crippen MR) is 58.9 cm³/mol. The van der Waals surface area contributed by atoms with Crippen molar-refractivity contribution in [3.8, 4) is 0 Å². The molecule has 0 aliphatic heterocycles. The highest BCUT2D eigenvalue weighted by molar-refractivity contribution is 7.99. The fourth-order valence-electron chi connectivity index (χ4n) is 0.932. The molecule has 1 amide bonds. The average Bonchev–Trinajstić information content (AvgIpc) is 2.17. The zero-order valence-corrected chi connectivity index (χ0v) is 9.55. The topological polar surface area (TPSA) is 86.6 Å². The Labute approximate surface area is 93.2 Å². The number of aliphatic hydroxyl groups excluding tert-OH is 1. The molecule has 5 nitrogen and oxygen atoms in total. The first-order valence-corrected chi connectivity index (χ1v) is 5.98. The van der Waals surface area contributed by atoms with Gasteiger partial charge in [0, 0.05) is 13.0 Å². The first-order chi connectivity index (χ1) is 7.11. The van der Waals surface area contributed by atoms with Gasteiger partial charge >= 0.3 is 5.97 Å². The van der Waals surface area contributed by atoms with Gasteiger partial charge in [-0.05, 0) is 12.2 Å². The zero-order chi connectivity index (χ0) is 11.7. The van der Waals surface area contributed by atoms with Crippen LogP contribution < -0.4 is 5.32 Å². The van der Waals surface area contributed by atoms with Crippen LogP contribution in [0.15, 0.2) is 0 Å². The molecule has 1 atom stereocenters. The molecule has 0 aromatic rings. The average molecular weight is 235 g/mol. The fraction of sp³-hybridized carbons (Fsp3) is 0.778. The number of hydrogen-bond acceptors (Lipinski definition) is 4. The van der Waals surface area contributed by atoms with Crippen LogP contribution in [0.4, 0.5) is 0 Å². The Morgan fingerprint density at radius 1 is 1.47 bits per heavy atom. The maximum atomic E-state index is 11.2. The van der Waals surface area contributed by atoms with Crippen LogP contribution >= 0.6 is 11.8 Å². The molecule has 15 heavy (non-hydrogen) atoms. The molecule has 0 aromatic carbocycles. The lowest BCUT2D eigenvalue weighted by atomic mass is 10.2. The molecule has 0 saturated carbocycles. The van der Waals surface area contributed by atoms with E-state index in [1.165, 1.54) is 11.8 Å². The van der Waals surface area contributed by atoms with Gasteiger partial charge in [0.15, 0.2) is 0 Å². The zero-order valence-electron chi connectivity index (χ0n) is 8.73. The normalized spacial score (nSPS) is 12.1. The van der Waals surface area contributed by atoms with Crippen molar-refractivity contribution in [1.82, 2.24) is 5.32 Å². The maximum absolute atomic E-state index is 11.2. The van der Waals surface area contributed by atoms with Gasteiger partial charge in [-0.15, -0.1) is 0 Å². The summed E-state index contributed by atoms with van der Waals surface area (Å²) >= 11 is 1.47. The molecule has 0 saturated heterocycles. The number of carbonyl (C=O) groups excluding carboxylic acids is 1. The number of amides is 1. The van der Waals surface area contributed by atoms with Crippen molar-refractivity contribution < 1.29 is 19.8 Å². The molecule has 0 bridgehead atoms. The lowest BCUT2D eigenvalue weighted by molar-refractivity contribution is -0.141. The smallest absolute Gasteiger partial charge is 0.326 e. The number of carboxylic acids is 1. The third-order valence-electron chi connectivity index (χ3n) is 1.63. The molecular formula is C9H17NO4S. The summed E-state index contributed by atoms with van der Waals surface area (Å²) in [5.74, 6) is -0.263. The van der Waals surface area contributed by atoms with Gasteiger partial charge in [-0.2, -0.15) is 11.8 Å². The van der Waals surface area contributed by atoms with E-state index in [2.05, 4.69) is 5.32 Å². The quantitative estimate of drug-likeness (QED) is 0.519. The number of carbonyl (C=O) groups is 2. The highest BCUT2D eigenvalue weighted by Gasteiger charge is 2.18. The molecular weight excluding hydrogens is 218 g/mol. The summed E-state index contributed by atoms with van der Waals surface area (Å²) < 4.78 is 0. The third-order valence-corrected chi connectivity index (χ3v) is 2.80. The monoisotopic (exact) mass is 235 g/mol. The Hall–Kier alpha value is -0.750. The van der Waals surface area contributed by atoms with Crippen molar-refractivity contribution in [3.63, 3.8) is 0 Å². The third kappa shape index (κ3) is 7.21. The summed E-state index contributed by atoms with van der Waals surface area (Å²) in [6.07, 6.45) is 1.02. The molecule has 0 radical (unpaired) electrons. The standard InChI is InChI=1S/C9H17NO4S/c1-2-5-15-6-8(12)10-7(3-4-11)9(13)14/h7,11H,2-6H2,1H3,(H,10,12)(H,13,14)/t7-/m0/s1. The van der Waals surface area contributed by atoms with Gasteiger partial charge in [-0.3, -0.25) is 4.79 Å². The highest BCUT2D eigenvalue weighted by atomic mass is 32.2. The molecule has 0 unspecified atom stereocenters. The van der Waals surface area contributed by atoms with E-state index < -0.39 is 12.0 Å². The minimum Gasteiger partial charge on any atom is -0.480 e. The number of nitrogens with one attached hydrogen (secondary N) is 1. The van der Waals surface area contributed by atoms with Crippen LogP contribution in [-0.2, 0) is 9.59 Å². The number of aliphatic carboxylic acids is 1. The Bertz CT molecular complexity index is 210. The number of thioether (sulfide) groups is 1. The summed E-state index contributed by atoms with van der Waals surface area (Å²) in [7, 11) is 0. The summed E-state index contributed by atoms with van der Waals surface area (Å²) in [6, 6.07) is -0.982. The van der Waals surface area contributed by atoms with Gasteiger partial charge in [0.2, 0.25) is 5.91 Å². The van der Waals surface area contributed by atoms with Gasteiger partial charge in [0.1, 0.15) is 6.04 Å². The van der Waals surface area contributed by atoms with E-state index in [9.17, 15) is 9.59 Å². The van der Waals surface area contributed by atoms with Gasteiger partial charge in [-0.25, -0.2) is 4.79 Å². The second-order valence-corrected chi connectivity index (χ2v) is 4.13. The Balaban J connectivity index is 3.84. The second kappa shape index (κ2) is 8.55. The van der Waals surface area contributed by atoms with Crippen molar-refractivity contribution in [1.29, 1.82) is 0 Å². The van der Waals surface area contributed by atoms with Gasteiger partial charge in [0.05, 0.1) is 5.75 Å². The molecule has 0 aliphatic rings. The van der Waals surface area contributed by atoms with Crippen molar-refractivity contribution in [2.75, 3.05) is 18.1 Å². The van der Waals surface area contributed by atoms with E-state index in [4.69, 9.17) is 10.2 Å². The molecule has 3 N–H and O–H groups in total. The van der Waals surface area contributed by atoms with Crippen molar-refractivity contribution in [2.24, 2.45) is 0 Å². The van der Waals surface area contributed by atoms with Crippen LogP contribution in [0.1, 0.15) is 19.8 Å². The molecule has 0 rings (SSSR count). The van der Waals surface area contributed by atoms with Gasteiger partial charge in [-0.1, -0.05) is 6.92 Å². The summed E-state index contributed by atoms with van der Waals surface area (Å²) in [6.45, 7) is 1.76. The van der Waals surface area contributed by atoms with Crippen LogP contribution in [-0.4, -0.2) is 46.2 Å². The minimum absolute atomic E-state index is 0.0412. The summed E-state index contributed by atoms with van der Waals surface area (Å²) in [5, 5.41) is 19.6. The number of hydrogen-bond donors (Lipinski definition) is 3. The van der Waals surface area contributed by atoms with Crippen molar-refractivity contribution >= 4 is 23.6 Å². The van der Waals surface area contributed by atoms with E-state index in [1.54, 1.807) is 0 Å². The van der Waals surface area contributed by atoms with E-state index in [0.29, 0.717) is 0 Å². The summed E-state index contributed by atoms with van der Waals surface area (Å²) in [4.78, 5) is 21.9. The molecule has 88 valence electrons. The van der Waals surface area contributed by atoms with E-state index in [1.807, 2.05) is 6.92 Å². The van der Waals surface area contributed by atoms with Crippen molar-refractivity contribution in [2.45, 2.75) is 25.8 Å². The molecule has 6 heteroatoms. The van der Waals surface area contributed by atoms with Crippen LogP contribution in [0.3, 0.4) is 0 Å². The largest absolute Gasteiger partial charge is 0.480 e. The molecule has 0 spiro atoms. The fourth-order valence-corrected chi connectivity index (χ4v) is 1.63. The van der Waals surface area contributed by atoms with Crippen LogP contribution in [0.5, 0.6) is 0 Å². The van der Waals surface area contributed by atoms with Crippen LogP contribution in [0.25, 0.3) is 0 Å². The van der Waals surface area contributed by atoms with Gasteiger partial charge < -0.3 is 15.5 Å². The first-order valence-electron chi connectivity index (χ1n) is 4.82. The molecule has 0 fully saturated rings. The van der Waals surface area contributed by atoms with E-state index in [0.717, 1.165) is 12.2 Å². The molecule has 0 aromatic heterocycles. The van der Waals surface area contributed by atoms with Crippen LogP contribution in [0.2, 0.25) is 0 Å². The first kappa shape index (κ1) is 14.2. The van der Waals surface area contributed by atoms with Crippen LogP contribution in [0, 0.1) is 0 Å². The SMILES string of the molecule is CCCSCC(=O)N[C@@H](CCO)C(=O)O. The summed E-state index contributed by atoms with van der Waals surface area (Å²) in [5.41, 5.74) is 0. The van der Waals surface area contributed by atoms with Gasteiger partial charge in [0.25, 0.3) is 0 Å². The number of aliphatic hydroxyl groups is 1. The minimum atomic E-state index is -1.11.